The second-order valence-electron chi connectivity index (χ2n) is 35.1. The van der Waals surface area contributed by atoms with E-state index < -0.39 is 113 Å². The molecule has 9 aromatic carbocycles. The maximum atomic E-state index is 11.9. The number of sulfone groups is 9. The molecule has 0 aliphatic heterocycles. The van der Waals surface area contributed by atoms with Gasteiger partial charge < -0.3 is 25.2 Å². The van der Waals surface area contributed by atoms with Crippen molar-refractivity contribution in [3.63, 3.8) is 0 Å². The Balaban J connectivity index is 0.000000777. The Bertz CT molecular complexity index is 5770. The molecule has 3 unspecified atom stereocenters. The van der Waals surface area contributed by atoms with E-state index in [4.69, 9.17) is 14.9 Å². The van der Waals surface area contributed by atoms with Gasteiger partial charge in [-0.15, -0.1) is 0 Å². The number of hydrogen-bond donors (Lipinski definition) is 4. The van der Waals surface area contributed by atoms with Crippen LogP contribution in [0.3, 0.4) is 0 Å². The summed E-state index contributed by atoms with van der Waals surface area (Å²) in [5.41, 5.74) is 9.53. The fraction of sp³-hybridized carbons (Fsp3) is 0.491. The molecule has 0 bridgehead atoms. The van der Waals surface area contributed by atoms with E-state index in [1.54, 1.807) is 172 Å². The predicted octanol–water partition coefficient (Wildman–Crippen LogP) is 20.7. The van der Waals surface area contributed by atoms with E-state index in [-0.39, 0.29) is 76.5 Å². The summed E-state index contributed by atoms with van der Waals surface area (Å²) in [7, 11) is -28.4. The van der Waals surface area contributed by atoms with Crippen LogP contribution >= 0.6 is 0 Å². The van der Waals surface area contributed by atoms with Gasteiger partial charge in [0.25, 0.3) is 0 Å². The third kappa shape index (κ3) is 53.4. The number of unbranched alkanes of at least 4 members (excludes halogenated alkanes) is 3. The lowest BCUT2D eigenvalue weighted by atomic mass is 10.2. The molecule has 9 rings (SSSR count). The fourth-order valence-corrected chi connectivity index (χ4v) is 25.0. The van der Waals surface area contributed by atoms with Crippen molar-refractivity contribution < 1.29 is 101 Å². The van der Waals surface area contributed by atoms with Crippen LogP contribution in [0.1, 0.15) is 223 Å². The summed E-state index contributed by atoms with van der Waals surface area (Å²) in [6, 6.07) is 62.2. The maximum Gasteiger partial charge on any atom is 0.178 e. The first-order chi connectivity index (χ1) is 64.3. The van der Waals surface area contributed by atoms with Gasteiger partial charge in [-0.05, 0) is 261 Å². The first-order valence-corrected chi connectivity index (χ1v) is 62.1. The summed E-state index contributed by atoms with van der Waals surface area (Å²) in [5, 5.41) is 36.8. The Morgan fingerprint density at radius 1 is 0.210 bits per heavy atom. The molecule has 0 saturated heterocycles. The summed E-state index contributed by atoms with van der Waals surface area (Å²) >= 11 is 0. The molecule has 23 nitrogen and oxygen atoms in total. The smallest absolute Gasteiger partial charge is 0.178 e. The summed E-state index contributed by atoms with van der Waals surface area (Å²) in [6.45, 7) is 39.5. The van der Waals surface area contributed by atoms with Gasteiger partial charge in [0.05, 0.1) is 120 Å². The summed E-state index contributed by atoms with van der Waals surface area (Å²) in [6.07, 6.45) is 7.83. The van der Waals surface area contributed by atoms with Crippen LogP contribution in [-0.2, 0) is 93.3 Å². The van der Waals surface area contributed by atoms with Gasteiger partial charge in [-0.1, -0.05) is 254 Å². The van der Waals surface area contributed by atoms with E-state index in [0.29, 0.717) is 89.4 Å². The quantitative estimate of drug-likeness (QED) is 0.0258. The highest BCUT2D eigenvalue weighted by Gasteiger charge is 2.24. The molecular weight excluding hydrogens is 1930 g/mol. The van der Waals surface area contributed by atoms with Crippen molar-refractivity contribution in [2.45, 2.75) is 303 Å². The molecule has 6 atom stereocenters. The minimum absolute atomic E-state index is 0.00503. The number of hydrogen-bond acceptors (Lipinski definition) is 23. The van der Waals surface area contributed by atoms with Crippen molar-refractivity contribution in [2.75, 3.05) is 65.0 Å². The van der Waals surface area contributed by atoms with Crippen LogP contribution < -0.4 is 0 Å². The van der Waals surface area contributed by atoms with Crippen molar-refractivity contribution >= 4 is 88.5 Å². The van der Waals surface area contributed by atoms with E-state index in [1.165, 1.54) is 0 Å². The zero-order valence-corrected chi connectivity index (χ0v) is 92.2. The highest BCUT2D eigenvalue weighted by molar-refractivity contribution is 7.93. The maximum absolute atomic E-state index is 11.9. The standard InChI is InChI=1S/C13H20O3S.2C12H18O3S.3C12H18O2S.2C11H16O3S.C11H16O2S/c1-3-9-16-10-4-11-17(14,15)13-7-5-12(2)6-8-13;2*1-3-11(13)8-9-16(14,15)12-6-4-10(2)5-7-12;2*1-4-10(2)9-15(13,14)12-7-5-11(3)6-8-12;1-3-4-5-10-15(13,14)12-8-6-11(2)7-9-12;2*1-9-3-5-11(6-4-9)15(13,14)8-7-10(2)12;1-3-4-9-14(12,13)11-7-5-10(2)6-8-11/h5-8H,3-4,9-11H2,1-2H3;2*4-7,11,13H,3,8-9H2,1-2H3;2*5-8,10H,4,9H2,1-3H3;6-9H,3-5,10H2,1-2H3;2*3-6,10,12H,7-8H2,1-2H3;5-8H,3-4,9H2,1-2H3/t;11-;;10-;;;10-;;/m.0.0..0../s1. The Morgan fingerprint density at radius 2 is 0.391 bits per heavy atom. The zero-order chi connectivity index (χ0) is 105. The van der Waals surface area contributed by atoms with Crippen LogP contribution in [0.5, 0.6) is 0 Å². The molecule has 0 spiro atoms. The lowest BCUT2D eigenvalue weighted by molar-refractivity contribution is 0.136. The molecule has 774 valence electrons. The Morgan fingerprint density at radius 3 is 0.572 bits per heavy atom. The van der Waals surface area contributed by atoms with Gasteiger partial charge in [0.1, 0.15) is 0 Å². The van der Waals surface area contributed by atoms with Gasteiger partial charge in [-0.3, -0.25) is 0 Å². The van der Waals surface area contributed by atoms with Gasteiger partial charge in [0.15, 0.2) is 88.5 Å². The molecule has 0 aliphatic rings. The van der Waals surface area contributed by atoms with Crippen molar-refractivity contribution in [1.29, 1.82) is 0 Å². The highest BCUT2D eigenvalue weighted by atomic mass is 32.2. The average Bonchev–Trinajstić information content (AvgIpc) is 0.766. The zero-order valence-electron chi connectivity index (χ0n) is 84.9. The van der Waals surface area contributed by atoms with E-state index in [9.17, 15) is 86.0 Å². The van der Waals surface area contributed by atoms with Crippen molar-refractivity contribution in [1.82, 2.24) is 0 Å². The summed E-state index contributed by atoms with van der Waals surface area (Å²) in [4.78, 5) is 3.49. The van der Waals surface area contributed by atoms with Gasteiger partial charge in [0.2, 0.25) is 0 Å². The molecule has 0 heterocycles. The molecule has 138 heavy (non-hydrogen) atoms. The predicted molar refractivity (Wildman–Crippen MR) is 563 cm³/mol. The van der Waals surface area contributed by atoms with Gasteiger partial charge in [-0.25, -0.2) is 75.8 Å². The third-order valence-corrected chi connectivity index (χ3v) is 38.1. The average molecular weight is 2090 g/mol. The van der Waals surface area contributed by atoms with Gasteiger partial charge in [-0.2, -0.15) is 0 Å². The number of aryl methyl sites for hydroxylation is 9. The van der Waals surface area contributed by atoms with E-state index in [0.717, 1.165) is 101 Å². The number of aliphatic hydroxyl groups excluding tert-OH is 4. The number of rotatable bonds is 42. The fourth-order valence-electron chi connectivity index (χ4n) is 11.8. The van der Waals surface area contributed by atoms with E-state index in [2.05, 4.69) is 6.92 Å². The van der Waals surface area contributed by atoms with Crippen LogP contribution in [0.25, 0.3) is 0 Å². The van der Waals surface area contributed by atoms with Gasteiger partial charge in [0, 0.05) is 13.2 Å². The molecule has 0 amide bonds. The second kappa shape index (κ2) is 64.8. The van der Waals surface area contributed by atoms with Crippen LogP contribution in [0, 0.1) is 74.1 Å². The molecular formula is C106H158O23S9. The van der Waals surface area contributed by atoms with E-state index in [1.807, 2.05) is 178 Å². The monoisotopic (exact) mass is 2090 g/mol. The molecule has 0 saturated carbocycles. The number of benzene rings is 9. The van der Waals surface area contributed by atoms with E-state index >= 15 is 0 Å². The number of ether oxygens (including phenoxy) is 1. The first kappa shape index (κ1) is 128. The third-order valence-electron chi connectivity index (χ3n) is 21.6. The van der Waals surface area contributed by atoms with Crippen molar-refractivity contribution in [2.24, 2.45) is 11.8 Å². The Hall–Kier alpha value is -7.67. The molecule has 0 aliphatic carbocycles. The Kier molecular flexibility index (Phi) is 60.2. The lowest BCUT2D eigenvalue weighted by Gasteiger charge is -2.09. The van der Waals surface area contributed by atoms with Crippen LogP contribution in [0.15, 0.2) is 262 Å². The molecule has 32 heteroatoms. The molecule has 4 N–H and O–H groups in total. The first-order valence-electron chi connectivity index (χ1n) is 47.3. The minimum Gasteiger partial charge on any atom is -0.393 e. The van der Waals surface area contributed by atoms with Crippen LogP contribution in [-0.4, -0.2) is 186 Å². The molecule has 0 aromatic heterocycles. The molecule has 0 radical (unpaired) electrons. The largest absolute Gasteiger partial charge is 0.393 e. The topological polar surface area (TPSA) is 397 Å². The second-order valence-corrected chi connectivity index (χ2v) is 54.0. The SMILES string of the molecule is CCC(C)CS(=O)(=O)c1ccc(C)cc1.CCC(O)CCS(=O)(=O)c1ccc(C)cc1.CCCCCS(=O)(=O)c1ccc(C)cc1.CCCCS(=O)(=O)c1ccc(C)cc1.CCCOCCCS(=O)(=O)c1ccc(C)cc1.CC[C@H](C)CS(=O)(=O)c1ccc(C)cc1.CC[C@H](O)CCS(=O)(=O)c1ccc(C)cc1.Cc1ccc(S(=O)(=O)CCC(C)O)cc1.Cc1ccc(S(=O)(=O)CC[C@H](C)O)cc1. The van der Waals surface area contributed by atoms with Gasteiger partial charge >= 0.3 is 0 Å². The Labute approximate surface area is 831 Å². The molecule has 0 fully saturated rings. The summed E-state index contributed by atoms with van der Waals surface area (Å²) in [5.74, 6) is 1.60. The van der Waals surface area contributed by atoms with Crippen molar-refractivity contribution in [3.05, 3.63) is 268 Å². The molecule has 9 aromatic rings. The van der Waals surface area contributed by atoms with Crippen LogP contribution in [0.2, 0.25) is 0 Å². The normalized spacial score (nSPS) is 13.0. The number of aliphatic hydroxyl groups is 4. The van der Waals surface area contributed by atoms with Crippen LogP contribution in [0.4, 0.5) is 0 Å². The summed E-state index contributed by atoms with van der Waals surface area (Å²) < 4.78 is 218. The highest BCUT2D eigenvalue weighted by Crippen LogP contribution is 2.24. The minimum atomic E-state index is -3.24. The van der Waals surface area contributed by atoms with Crippen molar-refractivity contribution in [3.8, 4) is 0 Å². The lowest BCUT2D eigenvalue weighted by Crippen LogP contribution is -2.14.